The number of carbonyl (C=O) groups excluding carboxylic acids is 1. The van der Waals surface area contributed by atoms with Gasteiger partial charge in [-0.15, -0.1) is 11.3 Å². The molecule has 1 aliphatic carbocycles. The molecule has 3 nitrogen and oxygen atoms in total. The molecule has 0 amide bonds. The van der Waals surface area contributed by atoms with Crippen LogP contribution in [0.25, 0.3) is 0 Å². The summed E-state index contributed by atoms with van der Waals surface area (Å²) in [5, 5.41) is 1.85. The largest absolute Gasteiger partial charge is 0.490 e. The molecule has 0 radical (unpaired) electrons. The van der Waals surface area contributed by atoms with Gasteiger partial charge in [0.1, 0.15) is 0 Å². The van der Waals surface area contributed by atoms with Gasteiger partial charge in [0, 0.05) is 5.38 Å². The van der Waals surface area contributed by atoms with Gasteiger partial charge >= 0.3 is 5.97 Å². The summed E-state index contributed by atoms with van der Waals surface area (Å²) in [4.78, 5) is 12.0. The molecule has 1 aromatic heterocycles. The van der Waals surface area contributed by atoms with Crippen LogP contribution in [0.2, 0.25) is 0 Å². The highest BCUT2D eigenvalue weighted by Crippen LogP contribution is 2.37. The summed E-state index contributed by atoms with van der Waals surface area (Å²) in [5.41, 5.74) is 0. The molecule has 1 aliphatic rings. The van der Waals surface area contributed by atoms with Crippen molar-refractivity contribution < 1.29 is 14.3 Å². The molecule has 0 spiro atoms. The van der Waals surface area contributed by atoms with Crippen LogP contribution in [0.3, 0.4) is 0 Å². The smallest absolute Gasteiger partial charge is 0.351 e. The molecule has 0 N–H and O–H groups in total. The SMILES string of the molecule is COC(=O)c1scc(Br)c1OCC1CCC1. The van der Waals surface area contributed by atoms with Crippen molar-refractivity contribution in [1.82, 2.24) is 0 Å². The topological polar surface area (TPSA) is 35.5 Å². The van der Waals surface area contributed by atoms with Gasteiger partial charge in [0.2, 0.25) is 0 Å². The molecule has 0 atom stereocenters. The Morgan fingerprint density at radius 2 is 2.38 bits per heavy atom. The molecule has 1 fully saturated rings. The standard InChI is InChI=1S/C11H13BrO3S/c1-14-11(13)10-9(8(12)6-16-10)15-5-7-3-2-4-7/h6-7H,2-5H2,1H3. The number of hydrogen-bond acceptors (Lipinski definition) is 4. The zero-order valence-corrected chi connectivity index (χ0v) is 11.4. The number of methoxy groups -OCH3 is 1. The van der Waals surface area contributed by atoms with Crippen LogP contribution in [-0.2, 0) is 4.74 Å². The molecule has 0 aliphatic heterocycles. The average molecular weight is 305 g/mol. The number of thiophene rings is 1. The lowest BCUT2D eigenvalue weighted by atomic mass is 9.86. The van der Waals surface area contributed by atoms with Crippen molar-refractivity contribution in [2.75, 3.05) is 13.7 Å². The highest BCUT2D eigenvalue weighted by molar-refractivity contribution is 9.10. The predicted octanol–water partition coefficient (Wildman–Crippen LogP) is 3.48. The van der Waals surface area contributed by atoms with Crippen molar-refractivity contribution >= 4 is 33.2 Å². The van der Waals surface area contributed by atoms with Gasteiger partial charge in [-0.2, -0.15) is 0 Å². The second-order valence-electron chi connectivity index (χ2n) is 3.84. The quantitative estimate of drug-likeness (QED) is 0.799. The predicted molar refractivity (Wildman–Crippen MR) is 66.2 cm³/mol. The third kappa shape index (κ3) is 2.40. The van der Waals surface area contributed by atoms with Crippen molar-refractivity contribution in [2.24, 2.45) is 5.92 Å². The Morgan fingerprint density at radius 3 is 2.94 bits per heavy atom. The maximum absolute atomic E-state index is 11.5. The lowest BCUT2D eigenvalue weighted by Crippen LogP contribution is -2.19. The highest BCUT2D eigenvalue weighted by Gasteiger charge is 2.22. The van der Waals surface area contributed by atoms with Gasteiger partial charge in [0.05, 0.1) is 18.2 Å². The molecule has 2 rings (SSSR count). The van der Waals surface area contributed by atoms with Crippen LogP contribution in [0, 0.1) is 5.92 Å². The lowest BCUT2D eigenvalue weighted by Gasteiger charge is -2.25. The van der Waals surface area contributed by atoms with Crippen LogP contribution < -0.4 is 4.74 Å². The minimum atomic E-state index is -0.334. The fourth-order valence-electron chi connectivity index (χ4n) is 1.55. The van der Waals surface area contributed by atoms with Crippen molar-refractivity contribution in [3.63, 3.8) is 0 Å². The summed E-state index contributed by atoms with van der Waals surface area (Å²) in [5.74, 6) is 0.945. The molecule has 1 saturated carbocycles. The first kappa shape index (κ1) is 11.9. The van der Waals surface area contributed by atoms with E-state index in [9.17, 15) is 4.79 Å². The molecule has 88 valence electrons. The minimum absolute atomic E-state index is 0.334. The normalized spacial score (nSPS) is 15.6. The third-order valence-corrected chi connectivity index (χ3v) is 4.60. The van der Waals surface area contributed by atoms with E-state index in [4.69, 9.17) is 9.47 Å². The van der Waals surface area contributed by atoms with Gasteiger partial charge in [-0.25, -0.2) is 4.79 Å². The first-order valence-corrected chi connectivity index (χ1v) is 6.87. The molecular weight excluding hydrogens is 292 g/mol. The Balaban J connectivity index is 2.05. The van der Waals surface area contributed by atoms with Gasteiger partial charge in [-0.3, -0.25) is 0 Å². The maximum Gasteiger partial charge on any atom is 0.351 e. The second-order valence-corrected chi connectivity index (χ2v) is 5.58. The van der Waals surface area contributed by atoms with E-state index in [0.29, 0.717) is 23.2 Å². The van der Waals surface area contributed by atoms with Crippen molar-refractivity contribution in [3.05, 3.63) is 14.7 Å². The summed E-state index contributed by atoms with van der Waals surface area (Å²) in [6.45, 7) is 0.694. The molecular formula is C11H13BrO3S. The van der Waals surface area contributed by atoms with Crippen LogP contribution in [0.5, 0.6) is 5.75 Å². The van der Waals surface area contributed by atoms with E-state index < -0.39 is 0 Å². The Bertz CT molecular complexity index is 385. The van der Waals surface area contributed by atoms with E-state index in [-0.39, 0.29) is 5.97 Å². The molecule has 1 heterocycles. The molecule has 0 saturated heterocycles. The fourth-order valence-corrected chi connectivity index (χ4v) is 3.06. The Morgan fingerprint density at radius 1 is 1.62 bits per heavy atom. The Kier molecular flexibility index (Phi) is 3.86. The number of hydrogen-bond donors (Lipinski definition) is 0. The van der Waals surface area contributed by atoms with Gasteiger partial charge in [0.15, 0.2) is 10.6 Å². The third-order valence-electron chi connectivity index (χ3n) is 2.76. The molecule has 0 bridgehead atoms. The number of halogens is 1. The van der Waals surface area contributed by atoms with Crippen molar-refractivity contribution in [1.29, 1.82) is 0 Å². The first-order chi connectivity index (χ1) is 7.72. The Hall–Kier alpha value is -0.550. The van der Waals surface area contributed by atoms with Gasteiger partial charge in [-0.05, 0) is 34.7 Å². The highest BCUT2D eigenvalue weighted by atomic mass is 79.9. The second kappa shape index (κ2) is 5.19. The summed E-state index contributed by atoms with van der Waals surface area (Å²) in [6, 6.07) is 0. The number of carbonyl (C=O) groups is 1. The van der Waals surface area contributed by atoms with Gasteiger partial charge in [-0.1, -0.05) is 6.42 Å². The van der Waals surface area contributed by atoms with E-state index in [1.807, 2.05) is 5.38 Å². The monoisotopic (exact) mass is 304 g/mol. The van der Waals surface area contributed by atoms with Gasteiger partial charge < -0.3 is 9.47 Å². The van der Waals surface area contributed by atoms with E-state index >= 15 is 0 Å². The number of rotatable bonds is 4. The summed E-state index contributed by atoms with van der Waals surface area (Å²) < 4.78 is 11.2. The summed E-state index contributed by atoms with van der Waals surface area (Å²) in [7, 11) is 1.38. The molecule has 1 aromatic rings. The zero-order chi connectivity index (χ0) is 11.5. The summed E-state index contributed by atoms with van der Waals surface area (Å²) in [6.07, 6.45) is 3.76. The van der Waals surface area contributed by atoms with Crippen molar-refractivity contribution in [2.45, 2.75) is 19.3 Å². The fraction of sp³-hybridized carbons (Fsp3) is 0.545. The van der Waals surface area contributed by atoms with Crippen molar-refractivity contribution in [3.8, 4) is 5.75 Å². The van der Waals surface area contributed by atoms with Crippen LogP contribution in [-0.4, -0.2) is 19.7 Å². The zero-order valence-electron chi connectivity index (χ0n) is 8.99. The molecule has 5 heteroatoms. The van der Waals surface area contributed by atoms with Gasteiger partial charge in [0.25, 0.3) is 0 Å². The lowest BCUT2D eigenvalue weighted by molar-refractivity contribution is 0.0600. The molecule has 0 aromatic carbocycles. The van der Waals surface area contributed by atoms with E-state index in [1.54, 1.807) is 0 Å². The van der Waals surface area contributed by atoms with E-state index in [1.165, 1.54) is 37.7 Å². The Labute approximate surface area is 107 Å². The van der Waals surface area contributed by atoms with E-state index in [0.717, 1.165) is 4.47 Å². The van der Waals surface area contributed by atoms with E-state index in [2.05, 4.69) is 15.9 Å². The summed E-state index contributed by atoms with van der Waals surface area (Å²) >= 11 is 4.72. The molecule has 0 unspecified atom stereocenters. The van der Waals surface area contributed by atoms with Crippen LogP contribution in [0.15, 0.2) is 9.85 Å². The minimum Gasteiger partial charge on any atom is -0.490 e. The first-order valence-electron chi connectivity index (χ1n) is 5.20. The number of ether oxygens (including phenoxy) is 2. The maximum atomic E-state index is 11.5. The average Bonchev–Trinajstić information content (AvgIpc) is 2.57. The van der Waals surface area contributed by atoms with Crippen LogP contribution >= 0.6 is 27.3 Å². The molecule has 16 heavy (non-hydrogen) atoms. The van der Waals surface area contributed by atoms with Crippen LogP contribution in [0.4, 0.5) is 0 Å². The van der Waals surface area contributed by atoms with Crippen LogP contribution in [0.1, 0.15) is 28.9 Å². The number of esters is 1.